The van der Waals surface area contributed by atoms with Crippen molar-refractivity contribution in [2.45, 2.75) is 45.6 Å². The van der Waals surface area contributed by atoms with Gasteiger partial charge in [-0.25, -0.2) is 18.6 Å². The molecule has 0 spiro atoms. The van der Waals surface area contributed by atoms with Crippen LogP contribution in [0.5, 0.6) is 5.75 Å². The predicted octanol–water partition coefficient (Wildman–Crippen LogP) is 6.40. The van der Waals surface area contributed by atoms with E-state index in [-0.39, 0.29) is 41.9 Å². The summed E-state index contributed by atoms with van der Waals surface area (Å²) in [4.78, 5) is 47.1. The molecule has 1 saturated heterocycles. The van der Waals surface area contributed by atoms with Crippen LogP contribution in [0, 0.1) is 13.8 Å². The molecule has 0 radical (unpaired) electrons. The number of hydrogen-bond donors (Lipinski definition) is 2. The number of fused-ring (bicyclic) bond motifs is 3. The third kappa shape index (κ3) is 6.35. The molecule has 244 valence electrons. The fourth-order valence-corrected chi connectivity index (χ4v) is 7.20. The van der Waals surface area contributed by atoms with Crippen LogP contribution in [-0.2, 0) is 17.7 Å². The number of alkyl halides is 2. The lowest BCUT2D eigenvalue weighted by Crippen LogP contribution is -2.46. The highest BCUT2D eigenvalue weighted by Gasteiger charge is 2.38. The Hall–Kier alpha value is -4.68. The number of halogens is 2. The Bertz CT molecular complexity index is 1880. The zero-order valence-electron chi connectivity index (χ0n) is 26.2. The summed E-state index contributed by atoms with van der Waals surface area (Å²) >= 11 is 1.54. The van der Waals surface area contributed by atoms with Gasteiger partial charge in [0.05, 0.1) is 20.3 Å². The maximum absolute atomic E-state index is 14.2. The Kier molecular flexibility index (Phi) is 8.82. The topological polar surface area (TPSA) is 124 Å². The maximum atomic E-state index is 14.2. The number of rotatable bonds is 6. The van der Waals surface area contributed by atoms with Crippen LogP contribution in [0.4, 0.5) is 14.5 Å². The highest BCUT2D eigenvalue weighted by Crippen LogP contribution is 2.43. The summed E-state index contributed by atoms with van der Waals surface area (Å²) in [5.41, 5.74) is 11.3. The first kappa shape index (κ1) is 32.3. The van der Waals surface area contributed by atoms with E-state index in [1.165, 1.54) is 19.2 Å². The highest BCUT2D eigenvalue weighted by atomic mass is 32.1. The van der Waals surface area contributed by atoms with Crippen LogP contribution < -0.4 is 15.8 Å². The zero-order valence-corrected chi connectivity index (χ0v) is 27.1. The van der Waals surface area contributed by atoms with Crippen molar-refractivity contribution in [3.8, 4) is 27.3 Å². The average molecular weight is 661 g/mol. The number of pyridine rings is 1. The number of ether oxygens (including phenoxy) is 2. The van der Waals surface area contributed by atoms with Gasteiger partial charge in [0.2, 0.25) is 0 Å². The SMILES string of the molecule is COC(=O)c1nc(C(=O)N2CCCC(F)(F)C2)ccc1-c1cc2c(cc1C(=O)Nc1c(C)cc(CN)cc1C)-c1sccc1CCO2. The third-order valence-electron chi connectivity index (χ3n) is 8.51. The Morgan fingerprint density at radius 1 is 1.09 bits per heavy atom. The number of esters is 1. The molecule has 0 unspecified atom stereocenters. The fraction of sp³-hybridized carbons (Fsp3) is 0.314. The molecule has 47 heavy (non-hydrogen) atoms. The van der Waals surface area contributed by atoms with Gasteiger partial charge in [0.25, 0.3) is 17.7 Å². The van der Waals surface area contributed by atoms with Crippen molar-refractivity contribution in [3.63, 3.8) is 0 Å². The van der Waals surface area contributed by atoms with Crippen LogP contribution in [-0.4, -0.2) is 60.4 Å². The first-order valence-corrected chi connectivity index (χ1v) is 16.1. The number of benzene rings is 2. The number of methoxy groups -OCH3 is 1. The molecule has 4 aromatic rings. The number of anilines is 1. The molecule has 6 rings (SSSR count). The summed E-state index contributed by atoms with van der Waals surface area (Å²) in [5, 5.41) is 5.05. The van der Waals surface area contributed by atoms with E-state index in [1.807, 2.05) is 37.4 Å². The third-order valence-corrected chi connectivity index (χ3v) is 9.50. The summed E-state index contributed by atoms with van der Waals surface area (Å²) in [6.45, 7) is 3.95. The summed E-state index contributed by atoms with van der Waals surface area (Å²) in [7, 11) is 1.18. The quantitative estimate of drug-likeness (QED) is 0.230. The predicted molar refractivity (Wildman–Crippen MR) is 175 cm³/mol. The van der Waals surface area contributed by atoms with Gasteiger partial charge < -0.3 is 25.4 Å². The number of carbonyl (C=O) groups excluding carboxylic acids is 3. The molecule has 3 N–H and O–H groups in total. The average Bonchev–Trinajstić information content (AvgIpc) is 3.45. The monoisotopic (exact) mass is 660 g/mol. The molecule has 0 aliphatic carbocycles. The molecule has 2 aliphatic heterocycles. The van der Waals surface area contributed by atoms with Crippen molar-refractivity contribution in [3.05, 3.63) is 87.0 Å². The van der Waals surface area contributed by atoms with Gasteiger partial charge in [0.15, 0.2) is 5.69 Å². The van der Waals surface area contributed by atoms with Crippen LogP contribution in [0.15, 0.2) is 47.8 Å². The number of aromatic nitrogens is 1. The van der Waals surface area contributed by atoms with Gasteiger partial charge in [-0.05, 0) is 78.2 Å². The molecule has 2 aliphatic rings. The van der Waals surface area contributed by atoms with E-state index in [0.29, 0.717) is 36.6 Å². The molecule has 9 nitrogen and oxygen atoms in total. The first-order valence-electron chi connectivity index (χ1n) is 15.3. The van der Waals surface area contributed by atoms with Crippen molar-refractivity contribution >= 4 is 34.8 Å². The Balaban J connectivity index is 1.49. The number of nitrogens with two attached hydrogens (primary N) is 1. The van der Waals surface area contributed by atoms with Gasteiger partial charge in [-0.3, -0.25) is 9.59 Å². The van der Waals surface area contributed by atoms with E-state index in [4.69, 9.17) is 15.2 Å². The fourth-order valence-electron chi connectivity index (χ4n) is 6.23. The molecule has 0 saturated carbocycles. The summed E-state index contributed by atoms with van der Waals surface area (Å²) < 4.78 is 39.5. The molecule has 0 bridgehead atoms. The number of nitrogens with zero attached hydrogens (tertiary/aromatic N) is 2. The van der Waals surface area contributed by atoms with Crippen molar-refractivity contribution in [1.82, 2.24) is 9.88 Å². The van der Waals surface area contributed by atoms with E-state index >= 15 is 0 Å². The number of amides is 2. The van der Waals surface area contributed by atoms with E-state index in [0.717, 1.165) is 37.6 Å². The van der Waals surface area contributed by atoms with Crippen LogP contribution >= 0.6 is 11.3 Å². The van der Waals surface area contributed by atoms with Gasteiger partial charge in [-0.2, -0.15) is 0 Å². The van der Waals surface area contributed by atoms with Crippen LogP contribution in [0.2, 0.25) is 0 Å². The van der Waals surface area contributed by atoms with E-state index in [9.17, 15) is 23.2 Å². The molecule has 4 heterocycles. The Morgan fingerprint density at radius 3 is 2.55 bits per heavy atom. The van der Waals surface area contributed by atoms with Gasteiger partial charge in [0.1, 0.15) is 11.4 Å². The van der Waals surface area contributed by atoms with Crippen molar-refractivity contribution in [2.75, 3.05) is 32.1 Å². The molecule has 12 heteroatoms. The summed E-state index contributed by atoms with van der Waals surface area (Å²) in [5.74, 6) is -4.51. The zero-order chi connectivity index (χ0) is 33.5. The smallest absolute Gasteiger partial charge is 0.357 e. The second kappa shape index (κ2) is 12.8. The number of thiophene rings is 1. The highest BCUT2D eigenvalue weighted by molar-refractivity contribution is 7.13. The number of piperidine rings is 1. The normalized spacial score (nSPS) is 15.1. The maximum Gasteiger partial charge on any atom is 0.357 e. The second-order valence-corrected chi connectivity index (χ2v) is 12.7. The van der Waals surface area contributed by atoms with E-state index < -0.39 is 30.3 Å². The van der Waals surface area contributed by atoms with Crippen LogP contribution in [0.3, 0.4) is 0 Å². The summed E-state index contributed by atoms with van der Waals surface area (Å²) in [6, 6.07) is 12.2. The molecular formula is C35H34F2N4O5S. The Labute approximate surface area is 274 Å². The lowest BCUT2D eigenvalue weighted by molar-refractivity contribution is -0.0561. The summed E-state index contributed by atoms with van der Waals surface area (Å²) in [6.07, 6.45) is 0.524. The van der Waals surface area contributed by atoms with E-state index in [2.05, 4.69) is 10.3 Å². The number of hydrogen-bond acceptors (Lipinski definition) is 8. The number of carbonyl (C=O) groups is 3. The minimum Gasteiger partial charge on any atom is -0.493 e. The molecular weight excluding hydrogens is 626 g/mol. The van der Waals surface area contributed by atoms with Gasteiger partial charge in [-0.15, -0.1) is 11.3 Å². The number of aryl methyl sites for hydroxylation is 2. The standard InChI is InChI=1S/C35H34F2N4O5S/c1-19-13-21(17-38)14-20(2)29(19)40-32(42)25-15-26-28(46-11-7-22-8-12-47-31(22)26)16-24(25)23-5-6-27(39-30(23)34(44)45-3)33(43)41-10-4-9-35(36,37)18-41/h5-6,8,12-16H,4,7,9-11,17-18,38H2,1-3H3,(H,40,42). The van der Waals surface area contributed by atoms with Crippen LogP contribution in [0.1, 0.15) is 66.4 Å². The molecule has 1 fully saturated rings. The minimum atomic E-state index is -3.01. The second-order valence-electron chi connectivity index (χ2n) is 11.8. The minimum absolute atomic E-state index is 0.147. The van der Waals surface area contributed by atoms with Crippen molar-refractivity contribution < 1.29 is 32.6 Å². The first-order chi connectivity index (χ1) is 22.5. The lowest BCUT2D eigenvalue weighted by Gasteiger charge is -2.32. The van der Waals surface area contributed by atoms with Crippen molar-refractivity contribution in [1.29, 1.82) is 0 Å². The van der Waals surface area contributed by atoms with Gasteiger partial charge in [0, 0.05) is 58.7 Å². The Morgan fingerprint density at radius 2 is 1.85 bits per heavy atom. The molecule has 2 aromatic carbocycles. The van der Waals surface area contributed by atoms with Gasteiger partial charge in [-0.1, -0.05) is 12.1 Å². The van der Waals surface area contributed by atoms with Crippen molar-refractivity contribution in [2.24, 2.45) is 5.73 Å². The molecule has 2 aromatic heterocycles. The molecule has 2 amide bonds. The van der Waals surface area contributed by atoms with Crippen LogP contribution in [0.25, 0.3) is 21.6 Å². The van der Waals surface area contributed by atoms with Gasteiger partial charge >= 0.3 is 5.97 Å². The van der Waals surface area contributed by atoms with E-state index in [1.54, 1.807) is 23.5 Å². The molecule has 0 atom stereocenters. The lowest BCUT2D eigenvalue weighted by atomic mass is 9.93. The number of nitrogens with one attached hydrogen (secondary N) is 1. The number of likely N-dealkylation sites (tertiary alicyclic amines) is 1. The largest absolute Gasteiger partial charge is 0.493 e.